The van der Waals surface area contributed by atoms with Gasteiger partial charge in [-0.3, -0.25) is 4.79 Å². The lowest BCUT2D eigenvalue weighted by Crippen LogP contribution is -2.17. The molecule has 1 amide bonds. The van der Waals surface area contributed by atoms with E-state index in [9.17, 15) is 9.59 Å². The van der Waals surface area contributed by atoms with Gasteiger partial charge in [0.1, 0.15) is 10.1 Å². The van der Waals surface area contributed by atoms with Gasteiger partial charge in [-0.15, -0.1) is 0 Å². The first kappa shape index (κ1) is 18.2. The van der Waals surface area contributed by atoms with E-state index in [4.69, 9.17) is 22.1 Å². The van der Waals surface area contributed by atoms with Crippen LogP contribution in [0.15, 0.2) is 40.8 Å². The summed E-state index contributed by atoms with van der Waals surface area (Å²) in [7, 11) is 0. The second kappa shape index (κ2) is 8.65. The fraction of sp³-hybridized carbons (Fsp3) is 0.235. The van der Waals surface area contributed by atoms with Crippen LogP contribution in [-0.2, 0) is 9.59 Å². The number of thiocarbonyl (C=S) groups is 1. The number of ether oxygens (including phenoxy) is 1. The van der Waals surface area contributed by atoms with Gasteiger partial charge in [0, 0.05) is 5.56 Å². The van der Waals surface area contributed by atoms with Crippen LogP contribution in [0.5, 0.6) is 5.75 Å². The van der Waals surface area contributed by atoms with Crippen molar-refractivity contribution in [2.75, 3.05) is 6.61 Å². The molecule has 1 fully saturated rings. The summed E-state index contributed by atoms with van der Waals surface area (Å²) in [5.74, 6) is -0.731. The van der Waals surface area contributed by atoms with Gasteiger partial charge in [0.25, 0.3) is 5.91 Å². The molecule has 126 valence electrons. The van der Waals surface area contributed by atoms with Crippen LogP contribution >= 0.6 is 24.0 Å². The average molecular weight is 363 g/mol. The Kier molecular flexibility index (Phi) is 6.57. The van der Waals surface area contributed by atoms with Crippen molar-refractivity contribution >= 4 is 46.3 Å². The number of aliphatic carboxylic acids is 1. The summed E-state index contributed by atoms with van der Waals surface area (Å²) < 4.78 is 5.77. The molecule has 0 radical (unpaired) electrons. The Morgan fingerprint density at radius 2 is 2.17 bits per heavy atom. The normalized spacial score (nSPS) is 16.4. The van der Waals surface area contributed by atoms with Gasteiger partial charge in [0.2, 0.25) is 0 Å². The number of amides is 1. The molecule has 2 rings (SSSR count). The number of thioether (sulfide) groups is 1. The molecule has 1 aromatic rings. The number of allylic oxidation sites excluding steroid dienone is 2. The molecule has 0 unspecified atom stereocenters. The standard InChI is InChI=1S/C17H17NO4S2/c1-2-5-11(9-14-16(21)18-17(23)24-14)8-12-6-3-4-7-13(12)22-10-15(19)20/h3-4,6-9H,2,5,10H2,1H3,(H,19,20)(H,18,21,23). The van der Waals surface area contributed by atoms with Crippen LogP contribution < -0.4 is 10.1 Å². The number of hydrogen-bond donors (Lipinski definition) is 2. The third kappa shape index (κ3) is 5.21. The van der Waals surface area contributed by atoms with E-state index in [-0.39, 0.29) is 5.91 Å². The maximum absolute atomic E-state index is 11.8. The summed E-state index contributed by atoms with van der Waals surface area (Å²) >= 11 is 6.23. The highest BCUT2D eigenvalue weighted by molar-refractivity contribution is 8.26. The molecule has 0 saturated carbocycles. The number of carboxylic acids is 1. The number of nitrogens with one attached hydrogen (secondary N) is 1. The molecule has 1 saturated heterocycles. The first-order valence-electron chi connectivity index (χ1n) is 7.38. The Hall–Kier alpha value is -2.12. The van der Waals surface area contributed by atoms with Crippen LogP contribution in [0.4, 0.5) is 0 Å². The minimum absolute atomic E-state index is 0.192. The SMILES string of the molecule is CCCC(=Cc1ccccc1OCC(=O)O)C=C1SC(=S)NC1=O. The minimum atomic E-state index is -1.03. The fourth-order valence-electron chi connectivity index (χ4n) is 2.13. The highest BCUT2D eigenvalue weighted by Crippen LogP contribution is 2.28. The van der Waals surface area contributed by atoms with Crippen molar-refractivity contribution in [3.05, 3.63) is 46.4 Å². The van der Waals surface area contributed by atoms with E-state index in [0.29, 0.717) is 15.0 Å². The number of carbonyl (C=O) groups is 2. The van der Waals surface area contributed by atoms with Crippen molar-refractivity contribution < 1.29 is 19.4 Å². The van der Waals surface area contributed by atoms with Gasteiger partial charge in [-0.05, 0) is 30.2 Å². The van der Waals surface area contributed by atoms with E-state index >= 15 is 0 Å². The predicted octanol–water partition coefficient (Wildman–Crippen LogP) is 3.37. The average Bonchev–Trinajstić information content (AvgIpc) is 2.84. The molecule has 0 bridgehead atoms. The Balaban J connectivity index is 2.31. The molecule has 0 aromatic heterocycles. The molecule has 2 N–H and O–H groups in total. The zero-order chi connectivity index (χ0) is 17.5. The maximum atomic E-state index is 11.8. The van der Waals surface area contributed by atoms with Gasteiger partial charge in [0.15, 0.2) is 6.61 Å². The zero-order valence-corrected chi connectivity index (χ0v) is 14.7. The highest BCUT2D eigenvalue weighted by Gasteiger charge is 2.22. The summed E-state index contributed by atoms with van der Waals surface area (Å²) in [5.41, 5.74) is 1.72. The van der Waals surface area contributed by atoms with Crippen molar-refractivity contribution in [3.63, 3.8) is 0 Å². The van der Waals surface area contributed by atoms with Crippen molar-refractivity contribution in [2.24, 2.45) is 0 Å². The van der Waals surface area contributed by atoms with Crippen LogP contribution in [0.25, 0.3) is 6.08 Å². The molecule has 7 heteroatoms. The Morgan fingerprint density at radius 3 is 2.79 bits per heavy atom. The summed E-state index contributed by atoms with van der Waals surface area (Å²) in [5, 5.41) is 11.4. The van der Waals surface area contributed by atoms with Gasteiger partial charge < -0.3 is 15.2 Å². The molecule has 5 nitrogen and oxygen atoms in total. The van der Waals surface area contributed by atoms with E-state index < -0.39 is 12.6 Å². The summed E-state index contributed by atoms with van der Waals surface area (Å²) in [6, 6.07) is 7.20. The van der Waals surface area contributed by atoms with Gasteiger partial charge in [0.05, 0.1) is 4.91 Å². The number of carboxylic acid groups (broad SMARTS) is 1. The number of carbonyl (C=O) groups excluding carboxylic acids is 1. The van der Waals surface area contributed by atoms with Crippen molar-refractivity contribution in [3.8, 4) is 5.75 Å². The van der Waals surface area contributed by atoms with E-state index in [2.05, 4.69) is 5.32 Å². The number of para-hydroxylation sites is 1. The van der Waals surface area contributed by atoms with E-state index in [1.54, 1.807) is 12.1 Å². The second-order valence-corrected chi connectivity index (χ2v) is 6.76. The van der Waals surface area contributed by atoms with E-state index in [1.807, 2.05) is 31.2 Å². The van der Waals surface area contributed by atoms with Crippen LogP contribution in [0.3, 0.4) is 0 Å². The van der Waals surface area contributed by atoms with Crippen LogP contribution in [-0.4, -0.2) is 27.9 Å². The molecule has 1 aliphatic rings. The molecule has 1 aliphatic heterocycles. The van der Waals surface area contributed by atoms with Gasteiger partial charge >= 0.3 is 5.97 Å². The van der Waals surface area contributed by atoms with Crippen molar-refractivity contribution in [1.82, 2.24) is 5.32 Å². The monoisotopic (exact) mass is 363 g/mol. The number of hydrogen-bond acceptors (Lipinski definition) is 5. The zero-order valence-electron chi connectivity index (χ0n) is 13.1. The molecule has 0 spiro atoms. The van der Waals surface area contributed by atoms with E-state index in [1.165, 1.54) is 11.8 Å². The summed E-state index contributed by atoms with van der Waals surface area (Å²) in [6.45, 7) is 1.65. The van der Waals surface area contributed by atoms with Crippen molar-refractivity contribution in [2.45, 2.75) is 19.8 Å². The number of benzene rings is 1. The van der Waals surface area contributed by atoms with Crippen LogP contribution in [0.2, 0.25) is 0 Å². The lowest BCUT2D eigenvalue weighted by atomic mass is 10.1. The van der Waals surface area contributed by atoms with E-state index in [0.717, 1.165) is 24.0 Å². The smallest absolute Gasteiger partial charge is 0.341 e. The highest BCUT2D eigenvalue weighted by atomic mass is 32.2. The van der Waals surface area contributed by atoms with Crippen LogP contribution in [0.1, 0.15) is 25.3 Å². The van der Waals surface area contributed by atoms with Gasteiger partial charge in [-0.2, -0.15) is 0 Å². The molecule has 1 aromatic carbocycles. The topological polar surface area (TPSA) is 75.6 Å². The molecular weight excluding hydrogens is 346 g/mol. The maximum Gasteiger partial charge on any atom is 0.341 e. The van der Waals surface area contributed by atoms with Gasteiger partial charge in [-0.25, -0.2) is 4.79 Å². The van der Waals surface area contributed by atoms with Crippen molar-refractivity contribution in [1.29, 1.82) is 0 Å². The molecule has 1 heterocycles. The third-order valence-electron chi connectivity index (χ3n) is 3.11. The fourth-order valence-corrected chi connectivity index (χ4v) is 3.19. The molecular formula is C17H17NO4S2. The van der Waals surface area contributed by atoms with Crippen LogP contribution in [0, 0.1) is 0 Å². The Labute approximate surface area is 149 Å². The molecule has 24 heavy (non-hydrogen) atoms. The summed E-state index contributed by atoms with van der Waals surface area (Å²) in [6.07, 6.45) is 5.40. The largest absolute Gasteiger partial charge is 0.481 e. The lowest BCUT2D eigenvalue weighted by Gasteiger charge is -2.08. The Morgan fingerprint density at radius 1 is 1.42 bits per heavy atom. The molecule has 0 atom stereocenters. The molecule has 0 aliphatic carbocycles. The second-order valence-electron chi connectivity index (χ2n) is 5.04. The third-order valence-corrected chi connectivity index (χ3v) is 4.27. The Bertz CT molecular complexity index is 725. The number of rotatable bonds is 7. The first-order valence-corrected chi connectivity index (χ1v) is 8.61. The quantitative estimate of drug-likeness (QED) is 0.571. The summed E-state index contributed by atoms with van der Waals surface area (Å²) in [4.78, 5) is 23.1. The predicted molar refractivity (Wildman–Crippen MR) is 98.9 cm³/mol. The first-order chi connectivity index (χ1) is 11.5. The minimum Gasteiger partial charge on any atom is -0.481 e. The van der Waals surface area contributed by atoms with Gasteiger partial charge in [-0.1, -0.05) is 55.5 Å². The lowest BCUT2D eigenvalue weighted by molar-refractivity contribution is -0.139.